The number of aromatic amines is 1. The predicted molar refractivity (Wildman–Crippen MR) is 142 cm³/mol. The van der Waals surface area contributed by atoms with Crippen molar-refractivity contribution >= 4 is 32.7 Å². The lowest BCUT2D eigenvalue weighted by molar-refractivity contribution is -0.121. The summed E-state index contributed by atoms with van der Waals surface area (Å²) in [7, 11) is -3.42. The Morgan fingerprint density at radius 1 is 1.13 bits per heavy atom. The van der Waals surface area contributed by atoms with Gasteiger partial charge in [0.05, 0.1) is 36.4 Å². The third-order valence-corrected chi connectivity index (χ3v) is 7.94. The highest BCUT2D eigenvalue weighted by molar-refractivity contribution is 7.88. The molecule has 38 heavy (non-hydrogen) atoms. The molecule has 1 fully saturated rings. The van der Waals surface area contributed by atoms with Crippen molar-refractivity contribution in [2.45, 2.75) is 32.0 Å². The SMILES string of the molecule is Cc1cnc(NC2CN(S(C)(=O)=O)C[C@@H]2c2ccccc2)c(=O)n1CC(=O)NCc1cc2cn[nH]c2cn1. The fourth-order valence-corrected chi connectivity index (χ4v) is 5.50. The second-order valence-electron chi connectivity index (χ2n) is 9.40. The van der Waals surface area contributed by atoms with Gasteiger partial charge in [-0.25, -0.2) is 13.4 Å². The van der Waals surface area contributed by atoms with Gasteiger partial charge in [-0.05, 0) is 18.6 Å². The van der Waals surface area contributed by atoms with Crippen LogP contribution in [0.1, 0.15) is 22.9 Å². The van der Waals surface area contributed by atoms with Crippen LogP contribution in [0, 0.1) is 6.92 Å². The molecule has 5 rings (SSSR count). The number of H-pyrrole nitrogens is 1. The third-order valence-electron chi connectivity index (χ3n) is 6.71. The number of aryl methyl sites for hydroxylation is 1. The molecule has 2 atom stereocenters. The van der Waals surface area contributed by atoms with Crippen molar-refractivity contribution < 1.29 is 13.2 Å². The Balaban J connectivity index is 1.32. The molecular formula is C25H28N8O4S. The molecule has 198 valence electrons. The number of benzene rings is 1. The van der Waals surface area contributed by atoms with Crippen LogP contribution in [0.5, 0.6) is 0 Å². The maximum atomic E-state index is 13.3. The van der Waals surface area contributed by atoms with E-state index in [-0.39, 0.29) is 43.3 Å². The van der Waals surface area contributed by atoms with Crippen LogP contribution >= 0.6 is 0 Å². The molecular weight excluding hydrogens is 508 g/mol. The molecule has 1 amide bonds. The molecule has 1 aliphatic rings. The summed E-state index contributed by atoms with van der Waals surface area (Å²) in [6.07, 6.45) is 6.02. The van der Waals surface area contributed by atoms with Crippen molar-refractivity contribution in [3.05, 3.63) is 82.3 Å². The molecule has 4 heterocycles. The number of carbonyl (C=O) groups is 1. The van der Waals surface area contributed by atoms with E-state index in [1.807, 2.05) is 36.4 Å². The quantitative estimate of drug-likeness (QED) is 0.301. The van der Waals surface area contributed by atoms with Gasteiger partial charge in [0.25, 0.3) is 5.56 Å². The molecule has 1 aromatic carbocycles. The first-order valence-corrected chi connectivity index (χ1v) is 13.9. The van der Waals surface area contributed by atoms with Gasteiger partial charge in [0.15, 0.2) is 5.82 Å². The lowest BCUT2D eigenvalue weighted by atomic mass is 9.94. The van der Waals surface area contributed by atoms with Gasteiger partial charge < -0.3 is 10.6 Å². The van der Waals surface area contributed by atoms with Crippen LogP contribution in [0.3, 0.4) is 0 Å². The number of hydrogen-bond donors (Lipinski definition) is 3. The smallest absolute Gasteiger partial charge is 0.293 e. The van der Waals surface area contributed by atoms with E-state index >= 15 is 0 Å². The highest BCUT2D eigenvalue weighted by Crippen LogP contribution is 2.30. The van der Waals surface area contributed by atoms with Gasteiger partial charge in [0, 0.05) is 42.3 Å². The van der Waals surface area contributed by atoms with Crippen molar-refractivity contribution in [3.63, 3.8) is 0 Å². The zero-order valence-electron chi connectivity index (χ0n) is 21.0. The van der Waals surface area contributed by atoms with Crippen molar-refractivity contribution in [2.24, 2.45) is 0 Å². The number of rotatable bonds is 8. The molecule has 0 bridgehead atoms. The van der Waals surface area contributed by atoms with Gasteiger partial charge in [0.1, 0.15) is 6.54 Å². The molecule has 13 heteroatoms. The Kier molecular flexibility index (Phi) is 6.95. The molecule has 1 saturated heterocycles. The summed E-state index contributed by atoms with van der Waals surface area (Å²) in [5, 5.41) is 13.6. The molecule has 3 aromatic heterocycles. The molecule has 0 radical (unpaired) electrons. The number of carbonyl (C=O) groups excluding carboxylic acids is 1. The number of anilines is 1. The van der Waals surface area contributed by atoms with E-state index in [0.29, 0.717) is 17.9 Å². The maximum absolute atomic E-state index is 13.3. The van der Waals surface area contributed by atoms with Crippen LogP contribution in [0.4, 0.5) is 5.82 Å². The van der Waals surface area contributed by atoms with Crippen LogP contribution in [0.2, 0.25) is 0 Å². The average molecular weight is 537 g/mol. The first-order valence-electron chi connectivity index (χ1n) is 12.1. The number of fused-ring (bicyclic) bond motifs is 1. The normalized spacial score (nSPS) is 18.1. The summed E-state index contributed by atoms with van der Waals surface area (Å²) < 4.78 is 27.3. The summed E-state index contributed by atoms with van der Waals surface area (Å²) in [5.74, 6) is -0.463. The minimum atomic E-state index is -3.42. The molecule has 0 saturated carbocycles. The highest BCUT2D eigenvalue weighted by atomic mass is 32.2. The summed E-state index contributed by atoms with van der Waals surface area (Å²) >= 11 is 0. The molecule has 0 aliphatic carbocycles. The number of aromatic nitrogens is 5. The zero-order valence-corrected chi connectivity index (χ0v) is 21.8. The molecule has 1 aliphatic heterocycles. The summed E-state index contributed by atoms with van der Waals surface area (Å²) in [6, 6.07) is 11.0. The van der Waals surface area contributed by atoms with E-state index in [9.17, 15) is 18.0 Å². The first-order chi connectivity index (χ1) is 18.2. The maximum Gasteiger partial charge on any atom is 0.293 e. The first kappa shape index (κ1) is 25.5. The van der Waals surface area contributed by atoms with Crippen LogP contribution in [0.25, 0.3) is 10.9 Å². The van der Waals surface area contributed by atoms with Crippen LogP contribution in [-0.2, 0) is 27.9 Å². The Bertz CT molecular complexity index is 1630. The molecule has 4 aromatic rings. The summed E-state index contributed by atoms with van der Waals surface area (Å²) in [4.78, 5) is 34.6. The van der Waals surface area contributed by atoms with E-state index in [0.717, 1.165) is 16.5 Å². The Morgan fingerprint density at radius 3 is 2.68 bits per heavy atom. The number of hydrogen-bond acceptors (Lipinski definition) is 8. The summed E-state index contributed by atoms with van der Waals surface area (Å²) in [5.41, 5.74) is 2.50. The summed E-state index contributed by atoms with van der Waals surface area (Å²) in [6.45, 7) is 2.20. The van der Waals surface area contributed by atoms with Gasteiger partial charge in [-0.1, -0.05) is 30.3 Å². The Morgan fingerprint density at radius 2 is 1.92 bits per heavy atom. The van der Waals surface area contributed by atoms with Crippen molar-refractivity contribution in [2.75, 3.05) is 24.7 Å². The standard InChI is InChI=1S/C25H28N8O4S/c1-16-9-28-24(30-22-14-32(38(2,36)37)13-20(22)17-6-4-3-5-7-17)25(35)33(16)15-23(34)27-11-19-8-18-10-29-31-21(18)12-26-19/h3-10,12,20,22H,11,13-15H2,1-2H3,(H,27,34)(H,28,30)(H,29,31)/t20-,22?/m1/s1. The third kappa shape index (κ3) is 5.43. The minimum Gasteiger partial charge on any atom is -0.361 e. The minimum absolute atomic E-state index is 0.0664. The molecule has 1 unspecified atom stereocenters. The number of amides is 1. The Hall–Kier alpha value is -4.10. The van der Waals surface area contributed by atoms with Gasteiger partial charge in [0.2, 0.25) is 15.9 Å². The number of pyridine rings is 1. The fourth-order valence-electron chi connectivity index (χ4n) is 4.64. The van der Waals surface area contributed by atoms with Crippen LogP contribution < -0.4 is 16.2 Å². The lowest BCUT2D eigenvalue weighted by Crippen LogP contribution is -2.37. The predicted octanol–water partition coefficient (Wildman–Crippen LogP) is 0.979. The van der Waals surface area contributed by atoms with Crippen molar-refractivity contribution in [3.8, 4) is 0 Å². The second-order valence-corrected chi connectivity index (χ2v) is 11.4. The van der Waals surface area contributed by atoms with Crippen LogP contribution in [-0.4, -0.2) is 68.7 Å². The van der Waals surface area contributed by atoms with Crippen molar-refractivity contribution in [1.29, 1.82) is 0 Å². The van der Waals surface area contributed by atoms with Gasteiger partial charge in [-0.15, -0.1) is 0 Å². The van der Waals surface area contributed by atoms with E-state index in [1.54, 1.807) is 19.3 Å². The lowest BCUT2D eigenvalue weighted by Gasteiger charge is -2.21. The number of nitrogens with zero attached hydrogens (tertiary/aromatic N) is 5. The second kappa shape index (κ2) is 10.3. The average Bonchev–Trinajstić information content (AvgIpc) is 3.54. The van der Waals surface area contributed by atoms with E-state index in [2.05, 4.69) is 30.8 Å². The molecule has 3 N–H and O–H groups in total. The fraction of sp³-hybridized carbons (Fsp3) is 0.320. The highest BCUT2D eigenvalue weighted by Gasteiger charge is 2.38. The van der Waals surface area contributed by atoms with Gasteiger partial charge >= 0.3 is 0 Å². The number of nitrogens with one attached hydrogen (secondary N) is 3. The largest absolute Gasteiger partial charge is 0.361 e. The van der Waals surface area contributed by atoms with E-state index in [1.165, 1.54) is 21.3 Å². The zero-order chi connectivity index (χ0) is 26.9. The number of sulfonamides is 1. The van der Waals surface area contributed by atoms with E-state index in [4.69, 9.17) is 0 Å². The topological polar surface area (TPSA) is 155 Å². The molecule has 12 nitrogen and oxygen atoms in total. The van der Waals surface area contributed by atoms with Gasteiger partial charge in [-0.2, -0.15) is 9.40 Å². The van der Waals surface area contributed by atoms with Gasteiger partial charge in [-0.3, -0.25) is 24.2 Å². The Labute approximate surface area is 219 Å². The van der Waals surface area contributed by atoms with Crippen LogP contribution in [0.15, 0.2) is 59.8 Å². The van der Waals surface area contributed by atoms with Crippen molar-refractivity contribution in [1.82, 2.24) is 34.4 Å². The van der Waals surface area contributed by atoms with E-state index < -0.39 is 15.6 Å². The monoisotopic (exact) mass is 536 g/mol. The molecule has 0 spiro atoms.